The van der Waals surface area contributed by atoms with Gasteiger partial charge >= 0.3 is 0 Å². The van der Waals surface area contributed by atoms with Gasteiger partial charge in [0.25, 0.3) is 0 Å². The van der Waals surface area contributed by atoms with Crippen LogP contribution in [-0.4, -0.2) is 16.1 Å². The first-order valence-corrected chi connectivity index (χ1v) is 4.54. The van der Waals surface area contributed by atoms with Crippen LogP contribution in [0.3, 0.4) is 0 Å². The molecule has 1 atom stereocenters. The summed E-state index contributed by atoms with van der Waals surface area (Å²) in [5, 5.41) is 0. The molecule has 1 aliphatic rings. The molecule has 0 aliphatic carbocycles. The van der Waals surface area contributed by atoms with Crippen molar-refractivity contribution < 1.29 is 0 Å². The summed E-state index contributed by atoms with van der Waals surface area (Å²) >= 11 is 0. The van der Waals surface area contributed by atoms with Gasteiger partial charge in [0.2, 0.25) is 0 Å². The van der Waals surface area contributed by atoms with E-state index in [0.29, 0.717) is 5.92 Å². The summed E-state index contributed by atoms with van der Waals surface area (Å²) in [4.78, 5) is 4.30. The van der Waals surface area contributed by atoms with Crippen molar-refractivity contribution in [3.8, 4) is 0 Å². The second-order valence-corrected chi connectivity index (χ2v) is 3.48. The van der Waals surface area contributed by atoms with Crippen LogP contribution in [0.4, 0.5) is 0 Å². The first kappa shape index (κ1) is 7.80. The van der Waals surface area contributed by atoms with E-state index in [9.17, 15) is 0 Å². The Labute approximate surface area is 72.6 Å². The lowest BCUT2D eigenvalue weighted by Crippen LogP contribution is -2.21. The van der Waals surface area contributed by atoms with Crippen molar-refractivity contribution in [2.45, 2.75) is 32.2 Å². The Hall–Kier alpha value is -0.830. The van der Waals surface area contributed by atoms with Gasteiger partial charge in [-0.2, -0.15) is 0 Å². The number of nitrogens with zero attached hydrogens (tertiary/aromatic N) is 2. The lowest BCUT2D eigenvalue weighted by Gasteiger charge is -2.23. The maximum atomic E-state index is 5.71. The predicted octanol–water partition coefficient (Wildman–Crippen LogP) is 1.03. The van der Waals surface area contributed by atoms with E-state index in [-0.39, 0.29) is 0 Å². The van der Waals surface area contributed by atoms with E-state index in [4.69, 9.17) is 5.73 Å². The molecule has 0 spiro atoms. The van der Waals surface area contributed by atoms with Gasteiger partial charge in [-0.25, -0.2) is 4.98 Å². The highest BCUT2D eigenvalue weighted by Crippen LogP contribution is 2.27. The van der Waals surface area contributed by atoms with Crippen LogP contribution >= 0.6 is 0 Å². The zero-order chi connectivity index (χ0) is 8.55. The van der Waals surface area contributed by atoms with Gasteiger partial charge in [0.1, 0.15) is 0 Å². The minimum absolute atomic E-state index is 0.543. The fourth-order valence-electron chi connectivity index (χ4n) is 2.07. The monoisotopic (exact) mass is 165 g/mol. The first-order valence-electron chi connectivity index (χ1n) is 4.54. The molecule has 0 radical (unpaired) electrons. The van der Waals surface area contributed by atoms with Crippen molar-refractivity contribution in [3.63, 3.8) is 0 Å². The van der Waals surface area contributed by atoms with Crippen LogP contribution in [0.1, 0.15) is 30.1 Å². The summed E-state index contributed by atoms with van der Waals surface area (Å²) < 4.78 is 2.25. The maximum absolute atomic E-state index is 5.71. The topological polar surface area (TPSA) is 43.8 Å². The van der Waals surface area contributed by atoms with E-state index in [1.165, 1.54) is 18.5 Å². The van der Waals surface area contributed by atoms with Gasteiger partial charge < -0.3 is 10.3 Å². The summed E-state index contributed by atoms with van der Waals surface area (Å²) in [6, 6.07) is 0. The standard InChI is InChI=1S/C9H15N3/c1-7-9-8(5-10)3-2-4-12(9)6-11-7/h6,8H,2-5,10H2,1H3. The summed E-state index contributed by atoms with van der Waals surface area (Å²) in [6.07, 6.45) is 4.40. The summed E-state index contributed by atoms with van der Waals surface area (Å²) in [5.74, 6) is 0.543. The Balaban J connectivity index is 2.41. The predicted molar refractivity (Wildman–Crippen MR) is 48.0 cm³/mol. The third-order valence-corrected chi connectivity index (χ3v) is 2.69. The number of aromatic nitrogens is 2. The fourth-order valence-corrected chi connectivity index (χ4v) is 2.07. The van der Waals surface area contributed by atoms with Crippen LogP contribution in [0.5, 0.6) is 0 Å². The minimum atomic E-state index is 0.543. The third-order valence-electron chi connectivity index (χ3n) is 2.69. The average Bonchev–Trinajstić information content (AvgIpc) is 2.48. The molecule has 66 valence electrons. The molecule has 0 saturated carbocycles. The van der Waals surface area contributed by atoms with Crippen LogP contribution in [0, 0.1) is 6.92 Å². The van der Waals surface area contributed by atoms with E-state index >= 15 is 0 Å². The number of nitrogens with two attached hydrogens (primary N) is 1. The molecule has 2 rings (SSSR count). The minimum Gasteiger partial charge on any atom is -0.334 e. The van der Waals surface area contributed by atoms with Crippen LogP contribution in [0.25, 0.3) is 0 Å². The van der Waals surface area contributed by atoms with Crippen LogP contribution in [0.15, 0.2) is 6.33 Å². The van der Waals surface area contributed by atoms with E-state index < -0.39 is 0 Å². The maximum Gasteiger partial charge on any atom is 0.0951 e. The molecule has 2 N–H and O–H groups in total. The normalized spacial score (nSPS) is 22.3. The molecule has 0 bridgehead atoms. The molecule has 0 saturated heterocycles. The number of hydrogen-bond donors (Lipinski definition) is 1. The fraction of sp³-hybridized carbons (Fsp3) is 0.667. The van der Waals surface area contributed by atoms with Gasteiger partial charge in [0.05, 0.1) is 12.0 Å². The molecular weight excluding hydrogens is 150 g/mol. The molecule has 0 aromatic carbocycles. The SMILES string of the molecule is Cc1ncn2c1C(CN)CCC2. The molecule has 3 nitrogen and oxygen atoms in total. The van der Waals surface area contributed by atoms with Gasteiger partial charge in [-0.3, -0.25) is 0 Å². The Kier molecular flexibility index (Phi) is 1.89. The van der Waals surface area contributed by atoms with E-state index in [1.807, 2.05) is 6.33 Å². The van der Waals surface area contributed by atoms with Crippen molar-refractivity contribution in [2.24, 2.45) is 5.73 Å². The molecule has 1 unspecified atom stereocenters. The Bertz CT molecular complexity index is 277. The highest BCUT2D eigenvalue weighted by atomic mass is 15.1. The largest absolute Gasteiger partial charge is 0.334 e. The molecule has 1 aromatic rings. The van der Waals surface area contributed by atoms with Crippen molar-refractivity contribution in [2.75, 3.05) is 6.54 Å². The lowest BCUT2D eigenvalue weighted by molar-refractivity contribution is 0.457. The molecular formula is C9H15N3. The van der Waals surface area contributed by atoms with Gasteiger partial charge in [-0.15, -0.1) is 0 Å². The van der Waals surface area contributed by atoms with E-state index in [1.54, 1.807) is 0 Å². The summed E-state index contributed by atoms with van der Waals surface area (Å²) in [6.45, 7) is 3.94. The molecule has 0 fully saturated rings. The zero-order valence-corrected chi connectivity index (χ0v) is 7.45. The number of hydrogen-bond acceptors (Lipinski definition) is 2. The summed E-state index contributed by atoms with van der Waals surface area (Å²) in [7, 11) is 0. The molecule has 0 amide bonds. The molecule has 2 heterocycles. The molecule has 3 heteroatoms. The van der Waals surface area contributed by atoms with Crippen LogP contribution in [0.2, 0.25) is 0 Å². The third kappa shape index (κ3) is 1.05. The second-order valence-electron chi connectivity index (χ2n) is 3.48. The van der Waals surface area contributed by atoms with Crippen molar-refractivity contribution in [1.29, 1.82) is 0 Å². The Morgan fingerprint density at radius 3 is 3.33 bits per heavy atom. The number of imidazole rings is 1. The van der Waals surface area contributed by atoms with Crippen molar-refractivity contribution in [1.82, 2.24) is 9.55 Å². The van der Waals surface area contributed by atoms with Gasteiger partial charge in [-0.05, 0) is 19.8 Å². The first-order chi connectivity index (χ1) is 5.83. The number of fused-ring (bicyclic) bond motifs is 1. The van der Waals surface area contributed by atoms with Crippen molar-refractivity contribution >= 4 is 0 Å². The van der Waals surface area contributed by atoms with Crippen molar-refractivity contribution in [3.05, 3.63) is 17.7 Å². The quantitative estimate of drug-likeness (QED) is 0.675. The summed E-state index contributed by atoms with van der Waals surface area (Å²) in [5.41, 5.74) is 8.23. The van der Waals surface area contributed by atoms with E-state index in [2.05, 4.69) is 16.5 Å². The molecule has 1 aliphatic heterocycles. The zero-order valence-electron chi connectivity index (χ0n) is 7.45. The second kappa shape index (κ2) is 2.90. The average molecular weight is 165 g/mol. The van der Waals surface area contributed by atoms with Gasteiger partial charge in [0.15, 0.2) is 0 Å². The Morgan fingerprint density at radius 2 is 2.58 bits per heavy atom. The van der Waals surface area contributed by atoms with E-state index in [0.717, 1.165) is 18.8 Å². The van der Waals surface area contributed by atoms with Crippen LogP contribution < -0.4 is 5.73 Å². The number of rotatable bonds is 1. The number of aryl methyl sites for hydroxylation is 2. The van der Waals surface area contributed by atoms with Crippen LogP contribution in [-0.2, 0) is 6.54 Å². The highest BCUT2D eigenvalue weighted by molar-refractivity contribution is 5.18. The lowest BCUT2D eigenvalue weighted by atomic mass is 9.95. The highest BCUT2D eigenvalue weighted by Gasteiger charge is 2.21. The Morgan fingerprint density at radius 1 is 1.75 bits per heavy atom. The van der Waals surface area contributed by atoms with Gasteiger partial charge in [-0.1, -0.05) is 0 Å². The molecule has 12 heavy (non-hydrogen) atoms. The molecule has 1 aromatic heterocycles. The van der Waals surface area contributed by atoms with Gasteiger partial charge in [0, 0.05) is 24.7 Å². The smallest absolute Gasteiger partial charge is 0.0951 e.